The van der Waals surface area contributed by atoms with Crippen LogP contribution in [0.2, 0.25) is 0 Å². The van der Waals surface area contributed by atoms with Gasteiger partial charge in [-0.3, -0.25) is 4.79 Å². The zero-order chi connectivity index (χ0) is 19.1. The highest BCUT2D eigenvalue weighted by Gasteiger charge is 2.23. The van der Waals surface area contributed by atoms with Crippen molar-refractivity contribution >= 4 is 11.9 Å². The fraction of sp³-hybridized carbons (Fsp3) is 0.500. The summed E-state index contributed by atoms with van der Waals surface area (Å²) in [6, 6.07) is 7.19. The Kier molecular flexibility index (Phi) is 6.82. The highest BCUT2D eigenvalue weighted by Crippen LogP contribution is 2.14. The van der Waals surface area contributed by atoms with Gasteiger partial charge in [-0.2, -0.15) is 4.80 Å². The van der Waals surface area contributed by atoms with E-state index in [0.717, 1.165) is 12.0 Å². The van der Waals surface area contributed by atoms with Crippen LogP contribution in [0.15, 0.2) is 24.3 Å². The van der Waals surface area contributed by atoms with Gasteiger partial charge in [0.1, 0.15) is 12.6 Å². The number of methoxy groups -OCH3 is 1. The molecule has 2 rings (SSSR count). The van der Waals surface area contributed by atoms with Gasteiger partial charge in [0.15, 0.2) is 0 Å². The molecule has 0 saturated heterocycles. The number of aromatic nitrogens is 4. The van der Waals surface area contributed by atoms with Crippen LogP contribution in [0.4, 0.5) is 0 Å². The van der Waals surface area contributed by atoms with Crippen LogP contribution in [0.25, 0.3) is 11.4 Å². The second kappa shape index (κ2) is 9.07. The van der Waals surface area contributed by atoms with Crippen molar-refractivity contribution in [3.05, 3.63) is 29.8 Å². The summed E-state index contributed by atoms with van der Waals surface area (Å²) in [7, 11) is 1.30. The topological polar surface area (TPSA) is 99.0 Å². The smallest absolute Gasteiger partial charge is 0.328 e. The van der Waals surface area contributed by atoms with Crippen molar-refractivity contribution in [3.63, 3.8) is 0 Å². The second-order valence-corrected chi connectivity index (χ2v) is 6.47. The Labute approximate surface area is 152 Å². The lowest BCUT2D eigenvalue weighted by molar-refractivity contribution is -0.145. The van der Waals surface area contributed by atoms with Crippen molar-refractivity contribution in [2.45, 2.75) is 46.2 Å². The molecule has 1 atom stereocenters. The van der Waals surface area contributed by atoms with Crippen molar-refractivity contribution in [2.75, 3.05) is 7.11 Å². The quantitative estimate of drug-likeness (QED) is 0.719. The lowest BCUT2D eigenvalue weighted by Gasteiger charge is -2.17. The minimum Gasteiger partial charge on any atom is -0.467 e. The molecule has 0 unspecified atom stereocenters. The van der Waals surface area contributed by atoms with Crippen LogP contribution < -0.4 is 5.32 Å². The van der Waals surface area contributed by atoms with Gasteiger partial charge < -0.3 is 10.1 Å². The van der Waals surface area contributed by atoms with Gasteiger partial charge in [0.2, 0.25) is 11.7 Å². The van der Waals surface area contributed by atoms with Gasteiger partial charge in [-0.25, -0.2) is 4.79 Å². The van der Waals surface area contributed by atoms with Crippen molar-refractivity contribution in [1.82, 2.24) is 25.5 Å². The Hall–Kier alpha value is -2.77. The molecular weight excluding hydrogens is 334 g/mol. The summed E-state index contributed by atoms with van der Waals surface area (Å²) in [5.41, 5.74) is 2.06. The predicted octanol–water partition coefficient (Wildman–Crippen LogP) is 1.61. The van der Waals surface area contributed by atoms with Crippen LogP contribution in [0.1, 0.15) is 32.8 Å². The minimum atomic E-state index is -0.683. The minimum absolute atomic E-state index is 0.119. The number of tetrazole rings is 1. The van der Waals surface area contributed by atoms with Crippen LogP contribution in [0.3, 0.4) is 0 Å². The van der Waals surface area contributed by atoms with E-state index in [1.807, 2.05) is 38.1 Å². The molecular formula is C18H25N5O3. The first-order valence-corrected chi connectivity index (χ1v) is 8.67. The molecule has 0 aliphatic rings. The summed E-state index contributed by atoms with van der Waals surface area (Å²) < 4.78 is 4.74. The highest BCUT2D eigenvalue weighted by atomic mass is 16.5. The third-order valence-corrected chi connectivity index (χ3v) is 3.89. The largest absolute Gasteiger partial charge is 0.467 e. The fourth-order valence-electron chi connectivity index (χ4n) is 2.51. The average molecular weight is 359 g/mol. The van der Waals surface area contributed by atoms with E-state index in [0.29, 0.717) is 12.2 Å². The van der Waals surface area contributed by atoms with E-state index in [2.05, 4.69) is 27.7 Å². The normalized spacial score (nSPS) is 12.0. The lowest BCUT2D eigenvalue weighted by atomic mass is 10.0. The third-order valence-electron chi connectivity index (χ3n) is 3.89. The highest BCUT2D eigenvalue weighted by molar-refractivity contribution is 5.84. The first-order valence-electron chi connectivity index (χ1n) is 8.67. The summed E-state index contributed by atoms with van der Waals surface area (Å²) in [6.07, 6.45) is 1.45. The Morgan fingerprint density at radius 3 is 2.50 bits per heavy atom. The molecule has 1 amide bonds. The first kappa shape index (κ1) is 19.6. The molecule has 8 nitrogen and oxygen atoms in total. The number of carbonyl (C=O) groups excluding carboxylic acids is 2. The maximum atomic E-state index is 12.2. The van der Waals surface area contributed by atoms with Crippen LogP contribution in [-0.4, -0.2) is 45.2 Å². The number of carbonyl (C=O) groups is 2. The van der Waals surface area contributed by atoms with E-state index >= 15 is 0 Å². The number of esters is 1. The van der Waals surface area contributed by atoms with Gasteiger partial charge in [0.05, 0.1) is 7.11 Å². The van der Waals surface area contributed by atoms with E-state index in [1.165, 1.54) is 17.5 Å². The number of hydrogen-bond acceptors (Lipinski definition) is 6. The molecule has 0 spiro atoms. The number of hydrogen-bond donors (Lipinski definition) is 1. The van der Waals surface area contributed by atoms with Crippen LogP contribution >= 0.6 is 0 Å². The second-order valence-electron chi connectivity index (χ2n) is 6.47. The Bertz CT molecular complexity index is 740. The lowest BCUT2D eigenvalue weighted by Crippen LogP contribution is -2.43. The number of aryl methyl sites for hydroxylation is 1. The van der Waals surface area contributed by atoms with E-state index < -0.39 is 12.0 Å². The average Bonchev–Trinajstić information content (AvgIpc) is 3.08. The molecule has 1 heterocycles. The third kappa shape index (κ3) is 5.37. The monoisotopic (exact) mass is 359 g/mol. The molecule has 0 aliphatic carbocycles. The molecule has 0 saturated carbocycles. The first-order chi connectivity index (χ1) is 12.4. The van der Waals surface area contributed by atoms with E-state index in [1.54, 1.807) is 0 Å². The molecule has 26 heavy (non-hydrogen) atoms. The maximum Gasteiger partial charge on any atom is 0.328 e. The van der Waals surface area contributed by atoms with Crippen LogP contribution in [-0.2, 0) is 27.3 Å². The molecule has 0 aliphatic heterocycles. The molecule has 140 valence electrons. The summed E-state index contributed by atoms with van der Waals surface area (Å²) in [4.78, 5) is 25.2. The van der Waals surface area contributed by atoms with E-state index in [9.17, 15) is 9.59 Å². The van der Waals surface area contributed by atoms with Crippen LogP contribution in [0.5, 0.6) is 0 Å². The SMILES string of the molecule is CCc1ccc(-c2nnn(CC(=O)N[C@H](CC(C)C)C(=O)OC)n2)cc1. The van der Waals surface area contributed by atoms with Crippen molar-refractivity contribution in [2.24, 2.45) is 5.92 Å². The van der Waals surface area contributed by atoms with Gasteiger partial charge >= 0.3 is 5.97 Å². The number of ether oxygens (including phenoxy) is 1. The summed E-state index contributed by atoms with van der Waals surface area (Å²) >= 11 is 0. The molecule has 2 aromatic rings. The number of benzene rings is 1. The van der Waals surface area contributed by atoms with Crippen molar-refractivity contribution in [3.8, 4) is 11.4 Å². The summed E-state index contributed by atoms with van der Waals surface area (Å²) in [5, 5.41) is 14.8. The zero-order valence-corrected chi connectivity index (χ0v) is 15.6. The molecule has 0 fully saturated rings. The Morgan fingerprint density at radius 2 is 1.92 bits per heavy atom. The summed E-state index contributed by atoms with van der Waals surface area (Å²) in [5.74, 6) is -0.143. The van der Waals surface area contributed by atoms with Crippen molar-refractivity contribution in [1.29, 1.82) is 0 Å². The zero-order valence-electron chi connectivity index (χ0n) is 15.6. The van der Waals surface area contributed by atoms with Crippen molar-refractivity contribution < 1.29 is 14.3 Å². The number of nitrogens with zero attached hydrogens (tertiary/aromatic N) is 4. The molecule has 1 N–H and O–H groups in total. The Morgan fingerprint density at radius 1 is 1.23 bits per heavy atom. The van der Waals surface area contributed by atoms with Gasteiger partial charge in [-0.1, -0.05) is 45.0 Å². The maximum absolute atomic E-state index is 12.2. The van der Waals surface area contributed by atoms with Gasteiger partial charge in [0, 0.05) is 5.56 Å². The molecule has 1 aromatic carbocycles. The number of amides is 1. The standard InChI is InChI=1S/C18H25N5O3/c1-5-13-6-8-14(9-7-13)17-20-22-23(21-17)11-16(24)19-15(10-12(2)3)18(25)26-4/h6-9,12,15H,5,10-11H2,1-4H3,(H,19,24)/t15-/m1/s1. The summed E-state index contributed by atoms with van der Waals surface area (Å²) in [6.45, 7) is 5.91. The molecule has 0 radical (unpaired) electrons. The Balaban J connectivity index is 2.00. The van der Waals surface area contributed by atoms with Crippen LogP contribution in [0, 0.1) is 5.92 Å². The van der Waals surface area contributed by atoms with E-state index in [4.69, 9.17) is 4.74 Å². The number of rotatable bonds is 8. The fourth-order valence-corrected chi connectivity index (χ4v) is 2.51. The van der Waals surface area contributed by atoms with Gasteiger partial charge in [-0.05, 0) is 29.5 Å². The number of nitrogens with one attached hydrogen (secondary N) is 1. The molecule has 0 bridgehead atoms. The predicted molar refractivity (Wildman–Crippen MR) is 96.0 cm³/mol. The molecule has 8 heteroatoms. The van der Waals surface area contributed by atoms with Gasteiger partial charge in [-0.15, -0.1) is 10.2 Å². The molecule has 1 aromatic heterocycles. The van der Waals surface area contributed by atoms with Gasteiger partial charge in [0.25, 0.3) is 0 Å². The van der Waals surface area contributed by atoms with E-state index in [-0.39, 0.29) is 18.4 Å².